The summed E-state index contributed by atoms with van der Waals surface area (Å²) < 4.78 is 0. The second-order valence-corrected chi connectivity index (χ2v) is 2.51. The van der Waals surface area contributed by atoms with Crippen molar-refractivity contribution in [1.29, 1.82) is 5.26 Å². The molecule has 0 saturated heterocycles. The molecule has 0 unspecified atom stereocenters. The fourth-order valence-corrected chi connectivity index (χ4v) is 0.726. The third-order valence-corrected chi connectivity index (χ3v) is 1.37. The van der Waals surface area contributed by atoms with Crippen LogP contribution in [0.15, 0.2) is 12.7 Å². The molecule has 0 aliphatic carbocycles. The molecule has 0 bridgehead atoms. The molecule has 0 rings (SSSR count). The van der Waals surface area contributed by atoms with Crippen LogP contribution in [-0.2, 0) is 4.79 Å². The highest BCUT2D eigenvalue weighted by Crippen LogP contribution is 1.75. The Labute approximate surface area is 78.6 Å². The molecule has 0 atom stereocenters. The van der Waals surface area contributed by atoms with Gasteiger partial charge in [-0.1, -0.05) is 6.08 Å². The minimum atomic E-state index is -0.0701. The number of nitrogens with one attached hydrogen (secondary N) is 2. The first kappa shape index (κ1) is 11.7. The summed E-state index contributed by atoms with van der Waals surface area (Å²) in [5.41, 5.74) is 0. The van der Waals surface area contributed by atoms with Gasteiger partial charge in [-0.25, -0.2) is 0 Å². The first-order valence-corrected chi connectivity index (χ1v) is 4.26. The number of nitrogens with zero attached hydrogens (tertiary/aromatic N) is 1. The van der Waals surface area contributed by atoms with Crippen LogP contribution in [0.4, 0.5) is 0 Å². The predicted octanol–water partition coefficient (Wildman–Crippen LogP) is 0.182. The van der Waals surface area contributed by atoms with Gasteiger partial charge in [0, 0.05) is 6.54 Å². The smallest absolute Gasteiger partial charge is 0.233 e. The van der Waals surface area contributed by atoms with Gasteiger partial charge in [-0.3, -0.25) is 4.79 Å². The van der Waals surface area contributed by atoms with Crippen molar-refractivity contribution in [2.45, 2.75) is 12.8 Å². The summed E-state index contributed by atoms with van der Waals surface area (Å²) >= 11 is 0. The maximum Gasteiger partial charge on any atom is 0.233 e. The van der Waals surface area contributed by atoms with Crippen molar-refractivity contribution in [2.24, 2.45) is 0 Å². The van der Waals surface area contributed by atoms with E-state index in [2.05, 4.69) is 17.2 Å². The molecule has 0 aliphatic rings. The third kappa shape index (κ3) is 8.57. The Morgan fingerprint density at radius 3 is 2.92 bits per heavy atom. The summed E-state index contributed by atoms with van der Waals surface area (Å²) in [5, 5.41) is 13.8. The van der Waals surface area contributed by atoms with Crippen molar-refractivity contribution in [3.05, 3.63) is 12.7 Å². The Morgan fingerprint density at radius 1 is 1.54 bits per heavy atom. The molecular weight excluding hydrogens is 166 g/mol. The first-order valence-electron chi connectivity index (χ1n) is 4.26. The minimum absolute atomic E-state index is 0.0701. The van der Waals surface area contributed by atoms with E-state index >= 15 is 0 Å². The molecule has 72 valence electrons. The lowest BCUT2D eigenvalue weighted by Crippen LogP contribution is -2.34. The monoisotopic (exact) mass is 181 g/mol. The van der Waals surface area contributed by atoms with Crippen LogP contribution in [0.5, 0.6) is 0 Å². The molecule has 1 amide bonds. The number of rotatable bonds is 7. The van der Waals surface area contributed by atoms with Gasteiger partial charge in [0.15, 0.2) is 0 Å². The molecule has 0 saturated carbocycles. The lowest BCUT2D eigenvalue weighted by atomic mass is 10.4. The predicted molar refractivity (Wildman–Crippen MR) is 50.9 cm³/mol. The molecule has 0 spiro atoms. The van der Waals surface area contributed by atoms with Crippen LogP contribution < -0.4 is 10.6 Å². The summed E-state index contributed by atoms with van der Waals surface area (Å²) in [7, 11) is 0. The van der Waals surface area contributed by atoms with Crippen LogP contribution >= 0.6 is 0 Å². The van der Waals surface area contributed by atoms with E-state index in [1.54, 1.807) is 6.08 Å². The van der Waals surface area contributed by atoms with Crippen LogP contribution in [0.1, 0.15) is 12.8 Å². The number of nitriles is 1. The molecule has 0 fully saturated rings. The van der Waals surface area contributed by atoms with Gasteiger partial charge < -0.3 is 10.6 Å². The normalized spacial score (nSPS) is 8.85. The highest BCUT2D eigenvalue weighted by Gasteiger charge is 1.97. The maximum atomic E-state index is 11.0. The topological polar surface area (TPSA) is 64.9 Å². The average Bonchev–Trinajstić information content (AvgIpc) is 2.13. The fraction of sp³-hybridized carbons (Fsp3) is 0.556. The molecule has 0 radical (unpaired) electrons. The van der Waals surface area contributed by atoms with E-state index in [-0.39, 0.29) is 5.91 Å². The molecule has 13 heavy (non-hydrogen) atoms. The van der Waals surface area contributed by atoms with E-state index in [0.717, 1.165) is 13.0 Å². The van der Waals surface area contributed by atoms with Crippen molar-refractivity contribution >= 4 is 5.91 Å². The number of carbonyl (C=O) groups excluding carboxylic acids is 1. The van der Waals surface area contributed by atoms with Crippen LogP contribution in [-0.4, -0.2) is 25.5 Å². The van der Waals surface area contributed by atoms with Crippen LogP contribution in [0.3, 0.4) is 0 Å². The Bertz CT molecular complexity index is 196. The van der Waals surface area contributed by atoms with E-state index in [0.29, 0.717) is 19.5 Å². The molecule has 2 N–H and O–H groups in total. The van der Waals surface area contributed by atoms with Gasteiger partial charge in [-0.05, 0) is 13.0 Å². The first-order chi connectivity index (χ1) is 6.31. The SMILES string of the molecule is C=CCCNCC(=O)NCCC#N. The van der Waals surface area contributed by atoms with Gasteiger partial charge in [0.25, 0.3) is 0 Å². The summed E-state index contributed by atoms with van der Waals surface area (Å²) in [4.78, 5) is 11.0. The van der Waals surface area contributed by atoms with Gasteiger partial charge in [0.05, 0.1) is 19.0 Å². The molecule has 4 heteroatoms. The van der Waals surface area contributed by atoms with Crippen molar-refractivity contribution in [2.75, 3.05) is 19.6 Å². The van der Waals surface area contributed by atoms with E-state index in [4.69, 9.17) is 5.26 Å². The largest absolute Gasteiger partial charge is 0.354 e. The number of amides is 1. The maximum absolute atomic E-state index is 11.0. The molecule has 0 aromatic rings. The zero-order valence-corrected chi connectivity index (χ0v) is 7.68. The van der Waals surface area contributed by atoms with E-state index in [9.17, 15) is 4.79 Å². The highest BCUT2D eigenvalue weighted by molar-refractivity contribution is 5.77. The molecule has 4 nitrogen and oxygen atoms in total. The summed E-state index contributed by atoms with van der Waals surface area (Å²) in [6, 6.07) is 1.95. The van der Waals surface area contributed by atoms with Gasteiger partial charge in [0.1, 0.15) is 0 Å². The zero-order valence-electron chi connectivity index (χ0n) is 7.68. The summed E-state index contributed by atoms with van der Waals surface area (Å²) in [6.45, 7) is 5.05. The van der Waals surface area contributed by atoms with Crippen LogP contribution in [0, 0.1) is 11.3 Å². The molecule has 0 aromatic carbocycles. The number of hydrogen-bond acceptors (Lipinski definition) is 3. The molecule has 0 heterocycles. The van der Waals surface area contributed by atoms with Gasteiger partial charge in [-0.2, -0.15) is 5.26 Å². The second-order valence-electron chi connectivity index (χ2n) is 2.51. The van der Waals surface area contributed by atoms with Crippen molar-refractivity contribution in [3.8, 4) is 6.07 Å². The number of hydrogen-bond donors (Lipinski definition) is 2. The standard InChI is InChI=1S/C9H15N3O/c1-2-3-6-11-8-9(13)12-7-4-5-10/h2,11H,1,3-4,6-8H2,(H,12,13). The minimum Gasteiger partial charge on any atom is -0.354 e. The molecule has 0 aromatic heterocycles. The Kier molecular flexibility index (Phi) is 7.85. The van der Waals surface area contributed by atoms with Gasteiger partial charge in [-0.15, -0.1) is 6.58 Å². The van der Waals surface area contributed by atoms with Gasteiger partial charge in [0.2, 0.25) is 5.91 Å². The Morgan fingerprint density at radius 2 is 2.31 bits per heavy atom. The third-order valence-electron chi connectivity index (χ3n) is 1.37. The van der Waals surface area contributed by atoms with E-state index in [1.807, 2.05) is 6.07 Å². The average molecular weight is 181 g/mol. The van der Waals surface area contributed by atoms with Crippen molar-refractivity contribution in [3.63, 3.8) is 0 Å². The lowest BCUT2D eigenvalue weighted by Gasteiger charge is -2.03. The van der Waals surface area contributed by atoms with Crippen LogP contribution in [0.25, 0.3) is 0 Å². The van der Waals surface area contributed by atoms with Gasteiger partial charge >= 0.3 is 0 Å². The molecular formula is C9H15N3O. The zero-order chi connectivity index (χ0) is 9.94. The Balaban J connectivity index is 3.21. The van der Waals surface area contributed by atoms with E-state index < -0.39 is 0 Å². The highest BCUT2D eigenvalue weighted by atomic mass is 16.1. The van der Waals surface area contributed by atoms with Crippen LogP contribution in [0.2, 0.25) is 0 Å². The number of carbonyl (C=O) groups is 1. The van der Waals surface area contributed by atoms with E-state index in [1.165, 1.54) is 0 Å². The summed E-state index contributed by atoms with van der Waals surface area (Å²) in [5.74, 6) is -0.0701. The Hall–Kier alpha value is -1.34. The van der Waals surface area contributed by atoms with Crippen molar-refractivity contribution < 1.29 is 4.79 Å². The fourth-order valence-electron chi connectivity index (χ4n) is 0.726. The lowest BCUT2D eigenvalue weighted by molar-refractivity contribution is -0.120. The van der Waals surface area contributed by atoms with Crippen molar-refractivity contribution in [1.82, 2.24) is 10.6 Å². The molecule has 0 aliphatic heterocycles. The second kappa shape index (κ2) is 8.75. The quantitative estimate of drug-likeness (QED) is 0.435. The summed E-state index contributed by atoms with van der Waals surface area (Å²) in [6.07, 6.45) is 3.00.